The molecule has 2 aromatic carbocycles. The minimum atomic E-state index is -0.336. The lowest BCUT2D eigenvalue weighted by Gasteiger charge is -2.12. The Kier molecular flexibility index (Phi) is 5.37. The van der Waals surface area contributed by atoms with Crippen molar-refractivity contribution in [1.29, 1.82) is 0 Å². The fourth-order valence-electron chi connectivity index (χ4n) is 1.70. The number of benzene rings is 2. The average Bonchev–Trinajstić information content (AvgIpc) is 2.41. The van der Waals surface area contributed by atoms with Gasteiger partial charge >= 0.3 is 0 Å². The van der Waals surface area contributed by atoms with Gasteiger partial charge in [-0.15, -0.1) is 0 Å². The number of hydrogen-bond acceptors (Lipinski definition) is 2. The van der Waals surface area contributed by atoms with E-state index >= 15 is 0 Å². The molecule has 3 nitrogen and oxygen atoms in total. The Morgan fingerprint density at radius 3 is 2.57 bits per heavy atom. The summed E-state index contributed by atoms with van der Waals surface area (Å²) in [5.41, 5.74) is 7.14. The van der Waals surface area contributed by atoms with Crippen LogP contribution < -0.4 is 11.1 Å². The number of nitrogens with one attached hydrogen (secondary N) is 1. The zero-order valence-corrected chi connectivity index (χ0v) is 15.2. The average molecular weight is 449 g/mol. The molecule has 0 saturated carbocycles. The normalized spacial score (nSPS) is 10.2. The maximum atomic E-state index is 12.4. The highest BCUT2D eigenvalue weighted by Crippen LogP contribution is 2.28. The van der Waals surface area contributed by atoms with Gasteiger partial charge in [0.05, 0.1) is 16.3 Å². The molecule has 108 valence electrons. The highest BCUT2D eigenvalue weighted by atomic mass is 79.9. The number of hydrogen-bond donors (Lipinski definition) is 2. The number of halogens is 3. The molecule has 3 N–H and O–H groups in total. The van der Waals surface area contributed by atoms with Gasteiger partial charge in [0.25, 0.3) is 5.91 Å². The van der Waals surface area contributed by atoms with E-state index in [4.69, 9.17) is 29.6 Å². The third kappa shape index (κ3) is 3.83. The van der Waals surface area contributed by atoms with E-state index in [2.05, 4.69) is 37.2 Å². The van der Waals surface area contributed by atoms with Crippen LogP contribution in [0.4, 0.5) is 5.69 Å². The second kappa shape index (κ2) is 6.87. The Morgan fingerprint density at radius 1 is 1.19 bits per heavy atom. The zero-order chi connectivity index (χ0) is 15.6. The smallest absolute Gasteiger partial charge is 0.257 e. The van der Waals surface area contributed by atoms with E-state index in [1.807, 2.05) is 0 Å². The van der Waals surface area contributed by atoms with E-state index in [1.54, 1.807) is 36.4 Å². The van der Waals surface area contributed by atoms with Crippen LogP contribution in [0, 0.1) is 0 Å². The number of anilines is 1. The summed E-state index contributed by atoms with van der Waals surface area (Å²) in [7, 11) is 0. The van der Waals surface area contributed by atoms with E-state index in [-0.39, 0.29) is 10.9 Å². The summed E-state index contributed by atoms with van der Waals surface area (Å²) < 4.78 is 1.46. The molecule has 2 aromatic rings. The molecule has 7 heteroatoms. The lowest BCUT2D eigenvalue weighted by Crippen LogP contribution is -2.18. The lowest BCUT2D eigenvalue weighted by molar-refractivity contribution is 0.102. The SMILES string of the molecule is NC(=S)c1ccc(Br)cc1NC(=O)c1cccc(Br)c1Cl. The first kappa shape index (κ1) is 16.4. The van der Waals surface area contributed by atoms with Crippen molar-refractivity contribution in [3.8, 4) is 0 Å². The third-order valence-corrected chi connectivity index (χ3v) is 4.70. The number of rotatable bonds is 3. The van der Waals surface area contributed by atoms with Gasteiger partial charge in [-0.1, -0.05) is 45.8 Å². The van der Waals surface area contributed by atoms with Gasteiger partial charge < -0.3 is 11.1 Å². The lowest BCUT2D eigenvalue weighted by atomic mass is 10.1. The Bertz CT molecular complexity index is 737. The molecule has 2 rings (SSSR count). The topological polar surface area (TPSA) is 55.1 Å². The van der Waals surface area contributed by atoms with Gasteiger partial charge in [0, 0.05) is 14.5 Å². The van der Waals surface area contributed by atoms with E-state index in [0.717, 1.165) is 4.47 Å². The van der Waals surface area contributed by atoms with Crippen LogP contribution in [0.5, 0.6) is 0 Å². The summed E-state index contributed by atoms with van der Waals surface area (Å²) in [4.78, 5) is 12.6. The van der Waals surface area contributed by atoms with Crippen molar-refractivity contribution in [2.45, 2.75) is 0 Å². The first-order chi connectivity index (χ1) is 9.90. The van der Waals surface area contributed by atoms with Crippen molar-refractivity contribution >= 4 is 72.3 Å². The number of thiocarbonyl (C=S) groups is 1. The first-order valence-corrected chi connectivity index (χ1v) is 8.12. The second-order valence-electron chi connectivity index (χ2n) is 4.11. The molecule has 0 saturated heterocycles. The monoisotopic (exact) mass is 446 g/mol. The molecule has 1 amide bonds. The van der Waals surface area contributed by atoms with Gasteiger partial charge in [0.1, 0.15) is 4.99 Å². The van der Waals surface area contributed by atoms with Crippen molar-refractivity contribution in [2.75, 3.05) is 5.32 Å². The third-order valence-electron chi connectivity index (χ3n) is 2.69. The predicted molar refractivity (Wildman–Crippen MR) is 97.1 cm³/mol. The summed E-state index contributed by atoms with van der Waals surface area (Å²) in [5, 5.41) is 3.12. The molecule has 0 spiro atoms. The van der Waals surface area contributed by atoms with Crippen molar-refractivity contribution in [2.24, 2.45) is 5.73 Å². The Morgan fingerprint density at radius 2 is 1.90 bits per heavy atom. The number of carbonyl (C=O) groups is 1. The van der Waals surface area contributed by atoms with Crippen LogP contribution in [0.15, 0.2) is 45.3 Å². The second-order valence-corrected chi connectivity index (χ2v) is 6.70. The van der Waals surface area contributed by atoms with E-state index < -0.39 is 0 Å². The number of nitrogens with two attached hydrogens (primary N) is 1. The molecule has 0 aliphatic rings. The molecular weight excluding hydrogens is 439 g/mol. The largest absolute Gasteiger partial charge is 0.389 e. The fourth-order valence-corrected chi connectivity index (χ4v) is 2.82. The minimum absolute atomic E-state index is 0.207. The highest BCUT2D eigenvalue weighted by Gasteiger charge is 2.15. The zero-order valence-electron chi connectivity index (χ0n) is 10.5. The van der Waals surface area contributed by atoms with Crippen molar-refractivity contribution in [1.82, 2.24) is 0 Å². The van der Waals surface area contributed by atoms with Crippen molar-refractivity contribution in [3.63, 3.8) is 0 Å². The number of amides is 1. The summed E-state index contributed by atoms with van der Waals surface area (Å²) in [6.07, 6.45) is 0. The van der Waals surface area contributed by atoms with Gasteiger partial charge in [-0.05, 0) is 46.3 Å². The minimum Gasteiger partial charge on any atom is -0.389 e. The molecule has 0 bridgehead atoms. The van der Waals surface area contributed by atoms with Crippen molar-refractivity contribution in [3.05, 3.63) is 61.5 Å². The maximum absolute atomic E-state index is 12.4. The molecule has 0 unspecified atom stereocenters. The first-order valence-electron chi connectivity index (χ1n) is 5.75. The van der Waals surface area contributed by atoms with Crippen LogP contribution in [-0.2, 0) is 0 Å². The van der Waals surface area contributed by atoms with E-state index in [9.17, 15) is 4.79 Å². The van der Waals surface area contributed by atoms with Crippen LogP contribution in [-0.4, -0.2) is 10.9 Å². The number of carbonyl (C=O) groups excluding carboxylic acids is 1. The maximum Gasteiger partial charge on any atom is 0.257 e. The van der Waals surface area contributed by atoms with Gasteiger partial charge in [-0.25, -0.2) is 0 Å². The summed E-state index contributed by atoms with van der Waals surface area (Å²) in [6.45, 7) is 0. The molecule has 0 atom stereocenters. The molecule has 0 fully saturated rings. The van der Waals surface area contributed by atoms with E-state index in [0.29, 0.717) is 26.3 Å². The molecule has 0 aliphatic carbocycles. The van der Waals surface area contributed by atoms with Gasteiger partial charge in [-0.2, -0.15) is 0 Å². The Balaban J connectivity index is 2.38. The van der Waals surface area contributed by atoms with Crippen LogP contribution >= 0.6 is 55.7 Å². The molecule has 21 heavy (non-hydrogen) atoms. The molecular formula is C14H9Br2ClN2OS. The van der Waals surface area contributed by atoms with Crippen molar-refractivity contribution < 1.29 is 4.79 Å². The standard InChI is InChI=1S/C14H9Br2ClN2OS/c15-7-4-5-8(13(18)21)11(6-7)19-14(20)9-2-1-3-10(16)12(9)17/h1-6H,(H2,18,21)(H,19,20). The Hall–Kier alpha value is -0.950. The fraction of sp³-hybridized carbons (Fsp3) is 0. The van der Waals surface area contributed by atoms with E-state index in [1.165, 1.54) is 0 Å². The van der Waals surface area contributed by atoms with Crippen LogP contribution in [0.25, 0.3) is 0 Å². The summed E-state index contributed by atoms with van der Waals surface area (Å²) in [5.74, 6) is -0.336. The van der Waals surface area contributed by atoms with Crippen LogP contribution in [0.2, 0.25) is 5.02 Å². The van der Waals surface area contributed by atoms with Crippen LogP contribution in [0.3, 0.4) is 0 Å². The van der Waals surface area contributed by atoms with Gasteiger partial charge in [0.2, 0.25) is 0 Å². The quantitative estimate of drug-likeness (QED) is 0.666. The molecule has 0 aromatic heterocycles. The van der Waals surface area contributed by atoms with Gasteiger partial charge in [-0.3, -0.25) is 4.79 Å². The van der Waals surface area contributed by atoms with Gasteiger partial charge in [0.15, 0.2) is 0 Å². The Labute approximate surface area is 149 Å². The summed E-state index contributed by atoms with van der Waals surface area (Å²) >= 11 is 17.7. The molecule has 0 aliphatic heterocycles. The molecule has 0 radical (unpaired) electrons. The predicted octanol–water partition coefficient (Wildman–Crippen LogP) is 4.75. The molecule has 0 heterocycles. The van der Waals surface area contributed by atoms with Crippen LogP contribution in [0.1, 0.15) is 15.9 Å². The summed E-state index contributed by atoms with van der Waals surface area (Å²) in [6, 6.07) is 10.4. The highest BCUT2D eigenvalue weighted by molar-refractivity contribution is 9.10.